The SMILES string of the molecule is CONC(=O)C1(C)CCN(C(=O)OC(C)(C)C)CC1. The fraction of sp³-hybridized carbons (Fsp3) is 0.846. The lowest BCUT2D eigenvalue weighted by molar-refractivity contribution is -0.143. The predicted octanol–water partition coefficient (Wildman–Crippen LogP) is 1.70. The maximum absolute atomic E-state index is 11.9. The fourth-order valence-corrected chi connectivity index (χ4v) is 1.95. The van der Waals surface area contributed by atoms with Crippen LogP contribution in [0.4, 0.5) is 4.79 Å². The summed E-state index contributed by atoms with van der Waals surface area (Å²) in [4.78, 5) is 30.1. The van der Waals surface area contributed by atoms with E-state index in [9.17, 15) is 9.59 Å². The summed E-state index contributed by atoms with van der Waals surface area (Å²) in [6.45, 7) is 8.43. The molecule has 1 saturated heterocycles. The molecule has 0 bridgehead atoms. The smallest absolute Gasteiger partial charge is 0.410 e. The Balaban J connectivity index is 2.53. The van der Waals surface area contributed by atoms with Gasteiger partial charge in [-0.15, -0.1) is 0 Å². The molecular weight excluding hydrogens is 248 g/mol. The predicted molar refractivity (Wildman–Crippen MR) is 70.3 cm³/mol. The number of rotatable bonds is 2. The summed E-state index contributed by atoms with van der Waals surface area (Å²) >= 11 is 0. The van der Waals surface area contributed by atoms with Crippen LogP contribution in [-0.2, 0) is 14.4 Å². The molecule has 6 nitrogen and oxygen atoms in total. The monoisotopic (exact) mass is 272 g/mol. The molecule has 1 rings (SSSR count). The van der Waals surface area contributed by atoms with Crippen molar-refractivity contribution in [2.75, 3.05) is 20.2 Å². The van der Waals surface area contributed by atoms with Crippen molar-refractivity contribution in [3.63, 3.8) is 0 Å². The van der Waals surface area contributed by atoms with E-state index in [0.29, 0.717) is 25.9 Å². The minimum atomic E-state index is -0.495. The van der Waals surface area contributed by atoms with Crippen LogP contribution >= 0.6 is 0 Å². The molecule has 0 aliphatic carbocycles. The summed E-state index contributed by atoms with van der Waals surface area (Å²) in [6, 6.07) is 0. The standard InChI is InChI=1S/C13H24N2O4/c1-12(2,3)19-11(17)15-8-6-13(4,7-9-15)10(16)14-18-5/h6-9H2,1-5H3,(H,14,16). The molecule has 1 N–H and O–H groups in total. The van der Waals surface area contributed by atoms with Gasteiger partial charge in [-0.1, -0.05) is 6.92 Å². The zero-order valence-corrected chi connectivity index (χ0v) is 12.4. The van der Waals surface area contributed by atoms with Crippen LogP contribution in [0.15, 0.2) is 0 Å². The van der Waals surface area contributed by atoms with Crippen molar-refractivity contribution in [2.45, 2.75) is 46.1 Å². The van der Waals surface area contributed by atoms with Crippen LogP contribution < -0.4 is 5.48 Å². The molecule has 0 radical (unpaired) electrons. The van der Waals surface area contributed by atoms with Gasteiger partial charge < -0.3 is 9.64 Å². The number of nitrogens with zero attached hydrogens (tertiary/aromatic N) is 1. The van der Waals surface area contributed by atoms with Crippen LogP contribution in [0.2, 0.25) is 0 Å². The number of hydrogen-bond acceptors (Lipinski definition) is 4. The number of likely N-dealkylation sites (tertiary alicyclic amines) is 1. The van der Waals surface area contributed by atoms with Gasteiger partial charge in [0.25, 0.3) is 0 Å². The van der Waals surface area contributed by atoms with E-state index in [4.69, 9.17) is 4.74 Å². The second-order valence-corrected chi connectivity index (χ2v) is 6.16. The first kappa shape index (κ1) is 15.8. The van der Waals surface area contributed by atoms with Gasteiger partial charge in [0, 0.05) is 13.1 Å². The third kappa shape index (κ3) is 4.38. The second kappa shape index (κ2) is 5.77. The molecule has 1 heterocycles. The lowest BCUT2D eigenvalue weighted by Gasteiger charge is -2.38. The number of carbonyl (C=O) groups excluding carboxylic acids is 2. The van der Waals surface area contributed by atoms with Gasteiger partial charge in [0.1, 0.15) is 5.60 Å². The van der Waals surface area contributed by atoms with Crippen molar-refractivity contribution in [2.24, 2.45) is 5.41 Å². The van der Waals surface area contributed by atoms with Crippen molar-refractivity contribution in [3.8, 4) is 0 Å². The molecular formula is C13H24N2O4. The van der Waals surface area contributed by atoms with Gasteiger partial charge in [-0.25, -0.2) is 10.3 Å². The Hall–Kier alpha value is -1.30. The van der Waals surface area contributed by atoms with E-state index in [2.05, 4.69) is 10.3 Å². The lowest BCUT2D eigenvalue weighted by Crippen LogP contribution is -2.49. The highest BCUT2D eigenvalue weighted by atomic mass is 16.6. The normalized spacial score (nSPS) is 18.9. The van der Waals surface area contributed by atoms with Crippen molar-refractivity contribution < 1.29 is 19.2 Å². The van der Waals surface area contributed by atoms with Crippen molar-refractivity contribution in [3.05, 3.63) is 0 Å². The van der Waals surface area contributed by atoms with E-state index in [1.807, 2.05) is 27.7 Å². The van der Waals surface area contributed by atoms with Gasteiger partial charge in [-0.3, -0.25) is 9.63 Å². The molecule has 110 valence electrons. The molecule has 0 aromatic rings. The minimum Gasteiger partial charge on any atom is -0.444 e. The molecule has 1 aliphatic rings. The Morgan fingerprint density at radius 1 is 1.21 bits per heavy atom. The number of carbonyl (C=O) groups is 2. The lowest BCUT2D eigenvalue weighted by atomic mass is 9.80. The molecule has 0 saturated carbocycles. The number of piperidine rings is 1. The molecule has 1 aliphatic heterocycles. The van der Waals surface area contributed by atoms with E-state index >= 15 is 0 Å². The highest BCUT2D eigenvalue weighted by Gasteiger charge is 2.39. The third-order valence-corrected chi connectivity index (χ3v) is 3.26. The number of hydroxylamine groups is 1. The second-order valence-electron chi connectivity index (χ2n) is 6.16. The Morgan fingerprint density at radius 3 is 2.16 bits per heavy atom. The van der Waals surface area contributed by atoms with Crippen molar-refractivity contribution in [1.82, 2.24) is 10.4 Å². The highest BCUT2D eigenvalue weighted by molar-refractivity contribution is 5.81. The topological polar surface area (TPSA) is 67.9 Å². The van der Waals surface area contributed by atoms with Gasteiger partial charge in [0.05, 0.1) is 12.5 Å². The first-order valence-corrected chi connectivity index (χ1v) is 6.49. The van der Waals surface area contributed by atoms with E-state index in [0.717, 1.165) is 0 Å². The largest absolute Gasteiger partial charge is 0.444 e. The molecule has 0 spiro atoms. The average Bonchev–Trinajstić information content (AvgIpc) is 2.27. The minimum absolute atomic E-state index is 0.140. The Morgan fingerprint density at radius 2 is 1.74 bits per heavy atom. The molecule has 0 atom stereocenters. The maximum Gasteiger partial charge on any atom is 0.410 e. The van der Waals surface area contributed by atoms with E-state index in [1.54, 1.807) is 4.90 Å². The zero-order valence-electron chi connectivity index (χ0n) is 12.4. The van der Waals surface area contributed by atoms with Crippen LogP contribution in [0.1, 0.15) is 40.5 Å². The van der Waals surface area contributed by atoms with Crippen LogP contribution in [-0.4, -0.2) is 42.7 Å². The highest BCUT2D eigenvalue weighted by Crippen LogP contribution is 2.31. The Bertz CT molecular complexity index is 341. The number of ether oxygens (including phenoxy) is 1. The van der Waals surface area contributed by atoms with Gasteiger partial charge in [0.2, 0.25) is 5.91 Å². The first-order valence-electron chi connectivity index (χ1n) is 6.49. The summed E-state index contributed by atoms with van der Waals surface area (Å²) in [6.07, 6.45) is 0.879. The summed E-state index contributed by atoms with van der Waals surface area (Å²) in [5.41, 5.74) is 1.38. The molecule has 1 fully saturated rings. The van der Waals surface area contributed by atoms with Crippen LogP contribution in [0, 0.1) is 5.41 Å². The van der Waals surface area contributed by atoms with Crippen molar-refractivity contribution in [1.29, 1.82) is 0 Å². The summed E-state index contributed by atoms with van der Waals surface area (Å²) in [5, 5.41) is 0. The summed E-state index contributed by atoms with van der Waals surface area (Å²) < 4.78 is 5.32. The Labute approximate surface area is 114 Å². The van der Waals surface area contributed by atoms with Crippen LogP contribution in [0.25, 0.3) is 0 Å². The maximum atomic E-state index is 11.9. The van der Waals surface area contributed by atoms with Crippen LogP contribution in [0.3, 0.4) is 0 Å². The average molecular weight is 272 g/mol. The number of amides is 2. The fourth-order valence-electron chi connectivity index (χ4n) is 1.95. The molecule has 0 aromatic heterocycles. The Kier molecular flexibility index (Phi) is 4.79. The molecule has 0 unspecified atom stereocenters. The van der Waals surface area contributed by atoms with Crippen LogP contribution in [0.5, 0.6) is 0 Å². The third-order valence-electron chi connectivity index (χ3n) is 3.26. The van der Waals surface area contributed by atoms with E-state index in [1.165, 1.54) is 7.11 Å². The van der Waals surface area contributed by atoms with Gasteiger partial charge in [-0.2, -0.15) is 0 Å². The van der Waals surface area contributed by atoms with E-state index in [-0.39, 0.29) is 12.0 Å². The molecule has 6 heteroatoms. The first-order chi connectivity index (χ1) is 8.68. The molecule has 0 aromatic carbocycles. The van der Waals surface area contributed by atoms with E-state index < -0.39 is 11.0 Å². The molecule has 2 amide bonds. The van der Waals surface area contributed by atoms with Gasteiger partial charge in [-0.05, 0) is 33.6 Å². The van der Waals surface area contributed by atoms with Crippen molar-refractivity contribution >= 4 is 12.0 Å². The summed E-state index contributed by atoms with van der Waals surface area (Å²) in [7, 11) is 1.41. The molecule has 19 heavy (non-hydrogen) atoms. The van der Waals surface area contributed by atoms with Gasteiger partial charge >= 0.3 is 6.09 Å². The summed E-state index contributed by atoms with van der Waals surface area (Å²) in [5.74, 6) is -0.140. The number of nitrogens with one attached hydrogen (secondary N) is 1. The quantitative estimate of drug-likeness (QED) is 0.777. The van der Waals surface area contributed by atoms with Gasteiger partial charge in [0.15, 0.2) is 0 Å². The zero-order chi connectivity index (χ0) is 14.7. The number of hydrogen-bond donors (Lipinski definition) is 1.